The van der Waals surface area contributed by atoms with E-state index in [-0.39, 0.29) is 5.92 Å². The molecule has 1 aromatic carbocycles. The molecule has 0 saturated heterocycles. The first-order valence-corrected chi connectivity index (χ1v) is 5.01. The molecule has 0 radical (unpaired) electrons. The van der Waals surface area contributed by atoms with Crippen LogP contribution in [-0.4, -0.2) is 13.2 Å². The number of hydrogen-bond acceptors (Lipinski definition) is 3. The quantitative estimate of drug-likeness (QED) is 0.742. The van der Waals surface area contributed by atoms with Crippen molar-refractivity contribution in [1.82, 2.24) is 0 Å². The monoisotopic (exact) mass is 205 g/mol. The third-order valence-electron chi connectivity index (χ3n) is 1.84. The molecule has 80 valence electrons. The van der Waals surface area contributed by atoms with E-state index in [1.54, 1.807) is 0 Å². The lowest BCUT2D eigenvalue weighted by atomic mass is 10.2. The fourth-order valence-electron chi connectivity index (χ4n) is 1.08. The summed E-state index contributed by atoms with van der Waals surface area (Å²) in [6.07, 6.45) is 0. The maximum Gasteiger partial charge on any atom is 0.123 e. The van der Waals surface area contributed by atoms with Crippen LogP contribution in [-0.2, 0) is 0 Å². The van der Waals surface area contributed by atoms with Crippen LogP contribution in [0.15, 0.2) is 24.3 Å². The molecule has 1 atom stereocenters. The Hall–Kier alpha value is -1.69. The molecular formula is C12H15NO2. The Morgan fingerprint density at radius 3 is 2.60 bits per heavy atom. The van der Waals surface area contributed by atoms with Gasteiger partial charge in [0, 0.05) is 6.07 Å². The number of nitrogens with zero attached hydrogens (tertiary/aromatic N) is 1. The topological polar surface area (TPSA) is 42.2 Å². The molecule has 0 fully saturated rings. The van der Waals surface area contributed by atoms with Crippen molar-refractivity contribution in [1.29, 1.82) is 5.26 Å². The first-order chi connectivity index (χ1) is 7.26. The standard InChI is InChI=1S/C12H15NO2/c1-3-14-11-5-4-6-12(7-11)15-9-10(2)8-13/h4-7,10H,3,9H2,1-2H3. The number of benzene rings is 1. The third-order valence-corrected chi connectivity index (χ3v) is 1.84. The number of rotatable bonds is 5. The van der Waals surface area contributed by atoms with Gasteiger partial charge < -0.3 is 9.47 Å². The van der Waals surface area contributed by atoms with Crippen molar-refractivity contribution in [3.63, 3.8) is 0 Å². The van der Waals surface area contributed by atoms with Crippen molar-refractivity contribution in [2.75, 3.05) is 13.2 Å². The molecule has 1 unspecified atom stereocenters. The normalized spacial score (nSPS) is 11.5. The van der Waals surface area contributed by atoms with Gasteiger partial charge in [0.1, 0.15) is 18.1 Å². The van der Waals surface area contributed by atoms with Crippen molar-refractivity contribution in [2.45, 2.75) is 13.8 Å². The van der Waals surface area contributed by atoms with Gasteiger partial charge in [-0.15, -0.1) is 0 Å². The Balaban J connectivity index is 2.54. The minimum atomic E-state index is -0.0965. The maximum atomic E-state index is 8.60. The second kappa shape index (κ2) is 5.92. The van der Waals surface area contributed by atoms with Crippen molar-refractivity contribution in [3.8, 4) is 17.6 Å². The zero-order valence-electron chi connectivity index (χ0n) is 9.06. The molecule has 3 heteroatoms. The van der Waals surface area contributed by atoms with Crippen LogP contribution in [0.2, 0.25) is 0 Å². The SMILES string of the molecule is CCOc1cccc(OCC(C)C#N)c1. The Morgan fingerprint density at radius 1 is 1.33 bits per heavy atom. The molecule has 0 aliphatic carbocycles. The average molecular weight is 205 g/mol. The number of ether oxygens (including phenoxy) is 2. The lowest BCUT2D eigenvalue weighted by molar-refractivity contribution is 0.284. The van der Waals surface area contributed by atoms with E-state index in [0.29, 0.717) is 13.2 Å². The molecule has 0 amide bonds. The van der Waals surface area contributed by atoms with Crippen molar-refractivity contribution < 1.29 is 9.47 Å². The lowest BCUT2D eigenvalue weighted by Gasteiger charge is -2.08. The minimum absolute atomic E-state index is 0.0965. The van der Waals surface area contributed by atoms with E-state index in [2.05, 4.69) is 6.07 Å². The molecule has 0 aliphatic heterocycles. The van der Waals surface area contributed by atoms with Gasteiger partial charge in [-0.1, -0.05) is 6.07 Å². The summed E-state index contributed by atoms with van der Waals surface area (Å²) in [7, 11) is 0. The second-order valence-corrected chi connectivity index (χ2v) is 3.25. The molecular weight excluding hydrogens is 190 g/mol. The highest BCUT2D eigenvalue weighted by atomic mass is 16.5. The summed E-state index contributed by atoms with van der Waals surface area (Å²) < 4.78 is 10.8. The number of hydrogen-bond donors (Lipinski definition) is 0. The molecule has 15 heavy (non-hydrogen) atoms. The first kappa shape index (κ1) is 11.4. The average Bonchev–Trinajstić information content (AvgIpc) is 2.27. The Bertz CT molecular complexity index is 344. The van der Waals surface area contributed by atoms with Gasteiger partial charge in [0.2, 0.25) is 0 Å². The molecule has 0 N–H and O–H groups in total. The van der Waals surface area contributed by atoms with E-state index < -0.39 is 0 Å². The second-order valence-electron chi connectivity index (χ2n) is 3.25. The van der Waals surface area contributed by atoms with Crippen LogP contribution in [0.4, 0.5) is 0 Å². The molecule has 1 rings (SSSR count). The highest BCUT2D eigenvalue weighted by molar-refractivity contribution is 5.32. The fourth-order valence-corrected chi connectivity index (χ4v) is 1.08. The van der Waals surface area contributed by atoms with Crippen LogP contribution in [0, 0.1) is 17.2 Å². The predicted molar refractivity (Wildman–Crippen MR) is 57.9 cm³/mol. The van der Waals surface area contributed by atoms with Gasteiger partial charge in [0.15, 0.2) is 0 Å². The van der Waals surface area contributed by atoms with Crippen LogP contribution in [0.5, 0.6) is 11.5 Å². The van der Waals surface area contributed by atoms with Crippen LogP contribution in [0.3, 0.4) is 0 Å². The molecule has 0 saturated carbocycles. The Kier molecular flexibility index (Phi) is 4.49. The molecule has 0 spiro atoms. The van der Waals surface area contributed by atoms with Gasteiger partial charge in [-0.2, -0.15) is 5.26 Å². The molecule has 0 bridgehead atoms. The van der Waals surface area contributed by atoms with E-state index in [1.165, 1.54) is 0 Å². The van der Waals surface area contributed by atoms with E-state index in [9.17, 15) is 0 Å². The van der Waals surface area contributed by atoms with Crippen LogP contribution in [0.25, 0.3) is 0 Å². The van der Waals surface area contributed by atoms with E-state index in [0.717, 1.165) is 11.5 Å². The zero-order valence-corrected chi connectivity index (χ0v) is 9.06. The summed E-state index contributed by atoms with van der Waals surface area (Å²) in [5.74, 6) is 1.43. The van der Waals surface area contributed by atoms with Gasteiger partial charge in [-0.3, -0.25) is 0 Å². The van der Waals surface area contributed by atoms with Gasteiger partial charge in [-0.25, -0.2) is 0 Å². The van der Waals surface area contributed by atoms with Gasteiger partial charge in [0.25, 0.3) is 0 Å². The smallest absolute Gasteiger partial charge is 0.123 e. The van der Waals surface area contributed by atoms with Crippen molar-refractivity contribution in [2.24, 2.45) is 5.92 Å². The van der Waals surface area contributed by atoms with Crippen LogP contribution >= 0.6 is 0 Å². The van der Waals surface area contributed by atoms with Crippen molar-refractivity contribution in [3.05, 3.63) is 24.3 Å². The molecule has 3 nitrogen and oxygen atoms in total. The molecule has 1 aromatic rings. The van der Waals surface area contributed by atoms with E-state index in [1.807, 2.05) is 38.1 Å². The van der Waals surface area contributed by atoms with E-state index >= 15 is 0 Å². The van der Waals surface area contributed by atoms with E-state index in [4.69, 9.17) is 14.7 Å². The first-order valence-electron chi connectivity index (χ1n) is 5.01. The zero-order chi connectivity index (χ0) is 11.1. The Morgan fingerprint density at radius 2 is 2.00 bits per heavy atom. The third kappa shape index (κ3) is 3.90. The van der Waals surface area contributed by atoms with Crippen molar-refractivity contribution >= 4 is 0 Å². The van der Waals surface area contributed by atoms with Gasteiger partial charge in [-0.05, 0) is 26.0 Å². The largest absolute Gasteiger partial charge is 0.494 e. The Labute approximate surface area is 90.2 Å². The predicted octanol–water partition coefficient (Wildman–Crippen LogP) is 2.62. The highest BCUT2D eigenvalue weighted by Gasteiger charge is 2.01. The van der Waals surface area contributed by atoms with Gasteiger partial charge in [0.05, 0.1) is 18.6 Å². The maximum absolute atomic E-state index is 8.60. The molecule has 0 heterocycles. The lowest BCUT2D eigenvalue weighted by Crippen LogP contribution is -2.06. The summed E-state index contributed by atoms with van der Waals surface area (Å²) >= 11 is 0. The molecule has 0 aliphatic rings. The number of nitriles is 1. The highest BCUT2D eigenvalue weighted by Crippen LogP contribution is 2.19. The fraction of sp³-hybridized carbons (Fsp3) is 0.417. The minimum Gasteiger partial charge on any atom is -0.494 e. The molecule has 0 aromatic heterocycles. The summed E-state index contributed by atoms with van der Waals surface area (Å²) in [4.78, 5) is 0. The van der Waals surface area contributed by atoms with Gasteiger partial charge >= 0.3 is 0 Å². The summed E-state index contributed by atoms with van der Waals surface area (Å²) in [6.45, 7) is 4.81. The van der Waals surface area contributed by atoms with Crippen LogP contribution < -0.4 is 9.47 Å². The van der Waals surface area contributed by atoms with Crippen LogP contribution in [0.1, 0.15) is 13.8 Å². The summed E-state index contributed by atoms with van der Waals surface area (Å²) in [5, 5.41) is 8.60. The summed E-state index contributed by atoms with van der Waals surface area (Å²) in [5.41, 5.74) is 0. The summed E-state index contributed by atoms with van der Waals surface area (Å²) in [6, 6.07) is 9.55.